The number of amides is 2. The first-order valence-electron chi connectivity index (χ1n) is 11.5. The molecule has 37 heavy (non-hydrogen) atoms. The maximum atomic E-state index is 13.4. The number of anilines is 3. The molecule has 2 aliphatic rings. The molecule has 2 amide bonds. The molecule has 0 aliphatic carbocycles. The Labute approximate surface area is 209 Å². The summed E-state index contributed by atoms with van der Waals surface area (Å²) in [6.45, 7) is 0.631. The minimum Gasteiger partial charge on any atom is -0.475 e. The molecule has 2 aliphatic heterocycles. The van der Waals surface area contributed by atoms with Gasteiger partial charge in [-0.15, -0.1) is 0 Å². The van der Waals surface area contributed by atoms with Crippen LogP contribution in [0.2, 0.25) is 0 Å². The lowest BCUT2D eigenvalue weighted by Crippen LogP contribution is -2.48. The number of halogens is 3. The normalized spacial score (nSPS) is 17.4. The molecular weight excluding hydrogens is 493 g/mol. The maximum absolute atomic E-state index is 13.4. The number of hydrogen-bond donors (Lipinski definition) is 3. The molecule has 2 bridgehead atoms. The first kappa shape index (κ1) is 24.7. The van der Waals surface area contributed by atoms with E-state index in [9.17, 15) is 23.1 Å². The lowest BCUT2D eigenvalue weighted by atomic mass is 10.1. The van der Waals surface area contributed by atoms with E-state index in [1.165, 1.54) is 35.5 Å². The molecule has 13 heteroatoms. The van der Waals surface area contributed by atoms with E-state index >= 15 is 0 Å². The van der Waals surface area contributed by atoms with E-state index in [0.717, 1.165) is 12.1 Å². The number of carbonyl (C=O) groups excluding carboxylic acids is 1. The largest absolute Gasteiger partial charge is 0.475 e. The third kappa shape index (κ3) is 5.13. The molecule has 10 nitrogen and oxygen atoms in total. The summed E-state index contributed by atoms with van der Waals surface area (Å²) in [5.41, 5.74) is 0.373. The number of carbonyl (C=O) groups is 1. The number of urea groups is 1. The van der Waals surface area contributed by atoms with Crippen LogP contribution in [0.1, 0.15) is 12.0 Å². The second-order valence-corrected chi connectivity index (χ2v) is 8.70. The second kappa shape index (κ2) is 9.82. The highest BCUT2D eigenvalue weighted by Crippen LogP contribution is 2.40. The summed E-state index contributed by atoms with van der Waals surface area (Å²) in [5.74, 6) is 0.531. The SMILES string of the molecule is O=C(Nc1ccnc(OC[C@H](O)CO)c1)N1c2nc(-c3cccc(C(F)(F)F)c3)ncc2N2CCC1C2. The number of aliphatic hydroxyl groups is 2. The summed E-state index contributed by atoms with van der Waals surface area (Å²) in [6.07, 6.45) is -1.94. The number of alkyl halides is 3. The Bertz CT molecular complexity index is 1310. The van der Waals surface area contributed by atoms with Crippen LogP contribution in [0.4, 0.5) is 35.2 Å². The van der Waals surface area contributed by atoms with Crippen molar-refractivity contribution in [1.29, 1.82) is 0 Å². The standard InChI is InChI=1S/C24H23F3N6O4/c25-24(26,27)15-3-1-2-14(8-15)21-29-10-19-22(31-21)33(17-5-7-32(19)11-17)23(36)30-16-4-6-28-20(9-16)37-13-18(35)12-34/h1-4,6,8-10,17-18,34-35H,5,7,11-13H2,(H,28,30,36)/t17?,18-/m1/s1. The van der Waals surface area contributed by atoms with Gasteiger partial charge in [-0.3, -0.25) is 4.90 Å². The summed E-state index contributed by atoms with van der Waals surface area (Å²) >= 11 is 0. The van der Waals surface area contributed by atoms with Gasteiger partial charge in [0.2, 0.25) is 5.88 Å². The summed E-state index contributed by atoms with van der Waals surface area (Å²) < 4.78 is 45.0. The van der Waals surface area contributed by atoms with E-state index in [0.29, 0.717) is 36.7 Å². The van der Waals surface area contributed by atoms with Crippen molar-refractivity contribution in [3.8, 4) is 17.3 Å². The molecule has 3 N–H and O–H groups in total. The van der Waals surface area contributed by atoms with Gasteiger partial charge in [0, 0.05) is 36.6 Å². The Hall–Kier alpha value is -3.97. The monoisotopic (exact) mass is 516 g/mol. The smallest absolute Gasteiger partial charge is 0.416 e. The molecule has 1 fully saturated rings. The van der Waals surface area contributed by atoms with E-state index in [1.54, 1.807) is 6.07 Å². The van der Waals surface area contributed by atoms with E-state index in [4.69, 9.17) is 9.84 Å². The molecular formula is C24H23F3N6O4. The maximum Gasteiger partial charge on any atom is 0.416 e. The van der Waals surface area contributed by atoms with Crippen LogP contribution in [-0.2, 0) is 6.18 Å². The summed E-state index contributed by atoms with van der Waals surface area (Å²) in [7, 11) is 0. The highest BCUT2D eigenvalue weighted by atomic mass is 19.4. The van der Waals surface area contributed by atoms with E-state index in [1.807, 2.05) is 4.90 Å². The van der Waals surface area contributed by atoms with Crippen LogP contribution in [0.15, 0.2) is 48.8 Å². The summed E-state index contributed by atoms with van der Waals surface area (Å²) in [6, 6.07) is 7.12. The molecule has 2 atom stereocenters. The van der Waals surface area contributed by atoms with Gasteiger partial charge >= 0.3 is 12.2 Å². The van der Waals surface area contributed by atoms with Gasteiger partial charge in [0.05, 0.1) is 30.1 Å². The molecule has 4 heterocycles. The van der Waals surface area contributed by atoms with Crippen LogP contribution in [0.5, 0.6) is 5.88 Å². The van der Waals surface area contributed by atoms with Crippen LogP contribution < -0.4 is 19.9 Å². The quantitative estimate of drug-likeness (QED) is 0.457. The minimum atomic E-state index is -4.51. The Balaban J connectivity index is 1.42. The van der Waals surface area contributed by atoms with Crippen LogP contribution >= 0.6 is 0 Å². The number of fused-ring (bicyclic) bond motifs is 4. The van der Waals surface area contributed by atoms with Crippen molar-refractivity contribution in [2.45, 2.75) is 24.7 Å². The minimum absolute atomic E-state index is 0.0761. The zero-order chi connectivity index (χ0) is 26.2. The fraction of sp³-hybridized carbons (Fsp3) is 0.333. The summed E-state index contributed by atoms with van der Waals surface area (Å²) in [4.78, 5) is 29.8. The number of benzene rings is 1. The number of nitrogens with zero attached hydrogens (tertiary/aromatic N) is 5. The van der Waals surface area contributed by atoms with Gasteiger partial charge in [-0.2, -0.15) is 13.2 Å². The van der Waals surface area contributed by atoms with Crippen molar-refractivity contribution < 1.29 is 32.9 Å². The van der Waals surface area contributed by atoms with Gasteiger partial charge in [-0.25, -0.2) is 19.7 Å². The molecule has 5 rings (SSSR count). The van der Waals surface area contributed by atoms with Gasteiger partial charge < -0.3 is 25.2 Å². The number of ether oxygens (including phenoxy) is 1. The number of rotatable bonds is 6. The lowest BCUT2D eigenvalue weighted by Gasteiger charge is -2.35. The predicted octanol–water partition coefficient (Wildman–Crippen LogP) is 2.92. The molecule has 3 aromatic rings. The molecule has 1 unspecified atom stereocenters. The van der Waals surface area contributed by atoms with Crippen molar-refractivity contribution >= 4 is 23.2 Å². The lowest BCUT2D eigenvalue weighted by molar-refractivity contribution is -0.137. The molecule has 1 aromatic carbocycles. The number of hydrogen-bond acceptors (Lipinski definition) is 8. The fourth-order valence-electron chi connectivity index (χ4n) is 4.33. The Kier molecular flexibility index (Phi) is 6.56. The fourth-order valence-corrected chi connectivity index (χ4v) is 4.33. The van der Waals surface area contributed by atoms with Crippen LogP contribution in [0.25, 0.3) is 11.4 Å². The Morgan fingerprint density at radius 1 is 1.24 bits per heavy atom. The third-order valence-corrected chi connectivity index (χ3v) is 6.13. The van der Waals surface area contributed by atoms with Gasteiger partial charge in [0.1, 0.15) is 12.7 Å². The number of aromatic nitrogens is 3. The van der Waals surface area contributed by atoms with Crippen LogP contribution in [-0.4, -0.2) is 69.6 Å². The zero-order valence-electron chi connectivity index (χ0n) is 19.4. The van der Waals surface area contributed by atoms with E-state index in [2.05, 4.69) is 20.3 Å². The molecule has 2 aromatic heterocycles. The zero-order valence-corrected chi connectivity index (χ0v) is 19.4. The average Bonchev–Trinajstić information content (AvgIpc) is 3.31. The van der Waals surface area contributed by atoms with Crippen molar-refractivity contribution in [3.63, 3.8) is 0 Å². The second-order valence-electron chi connectivity index (χ2n) is 8.70. The highest BCUT2D eigenvalue weighted by molar-refractivity contribution is 6.04. The summed E-state index contributed by atoms with van der Waals surface area (Å²) in [5, 5.41) is 21.2. The van der Waals surface area contributed by atoms with Crippen molar-refractivity contribution in [3.05, 3.63) is 54.4 Å². The first-order chi connectivity index (χ1) is 17.7. The van der Waals surface area contributed by atoms with Gasteiger partial charge in [0.25, 0.3) is 0 Å². The topological polar surface area (TPSA) is 124 Å². The molecule has 194 valence electrons. The van der Waals surface area contributed by atoms with Gasteiger partial charge in [-0.05, 0) is 24.6 Å². The molecule has 1 saturated heterocycles. The third-order valence-electron chi connectivity index (χ3n) is 6.13. The first-order valence-corrected chi connectivity index (χ1v) is 11.5. The number of pyridine rings is 1. The number of nitrogens with one attached hydrogen (secondary N) is 1. The number of aliphatic hydroxyl groups excluding tert-OH is 2. The highest BCUT2D eigenvalue weighted by Gasteiger charge is 2.41. The molecule has 0 spiro atoms. The van der Waals surface area contributed by atoms with Gasteiger partial charge in [-0.1, -0.05) is 12.1 Å². The van der Waals surface area contributed by atoms with Crippen LogP contribution in [0, 0.1) is 0 Å². The van der Waals surface area contributed by atoms with E-state index < -0.39 is 30.5 Å². The average molecular weight is 516 g/mol. The van der Waals surface area contributed by atoms with Crippen molar-refractivity contribution in [1.82, 2.24) is 15.0 Å². The molecule has 0 saturated carbocycles. The van der Waals surface area contributed by atoms with Crippen molar-refractivity contribution in [2.75, 3.05) is 41.4 Å². The molecule has 0 radical (unpaired) electrons. The van der Waals surface area contributed by atoms with Crippen LogP contribution in [0.3, 0.4) is 0 Å². The Morgan fingerprint density at radius 3 is 2.86 bits per heavy atom. The van der Waals surface area contributed by atoms with Crippen molar-refractivity contribution in [2.24, 2.45) is 0 Å². The Morgan fingerprint density at radius 2 is 2.08 bits per heavy atom. The predicted molar refractivity (Wildman–Crippen MR) is 127 cm³/mol. The van der Waals surface area contributed by atoms with Gasteiger partial charge in [0.15, 0.2) is 11.6 Å². The van der Waals surface area contributed by atoms with E-state index in [-0.39, 0.29) is 29.9 Å².